The molecule has 3 aliphatic rings. The van der Waals surface area contributed by atoms with E-state index in [2.05, 4.69) is 0 Å². The number of allylic oxidation sites excluding steroid dienone is 1. The average molecular weight is 411 g/mol. The molecule has 160 valence electrons. The van der Waals surface area contributed by atoms with E-state index in [1.807, 2.05) is 38.1 Å². The first-order valence-corrected chi connectivity index (χ1v) is 10.9. The Morgan fingerprint density at radius 2 is 2.03 bits per heavy atom. The molecule has 1 aromatic carbocycles. The number of fused-ring (bicyclic) bond motifs is 1. The summed E-state index contributed by atoms with van der Waals surface area (Å²) >= 11 is 0. The average Bonchev–Trinajstić information content (AvgIpc) is 3.26. The monoisotopic (exact) mass is 411 g/mol. The van der Waals surface area contributed by atoms with Gasteiger partial charge in [0, 0.05) is 35.9 Å². The summed E-state index contributed by atoms with van der Waals surface area (Å²) < 4.78 is 17.1. The molecule has 1 aromatic rings. The third-order valence-corrected chi connectivity index (χ3v) is 6.11. The lowest BCUT2D eigenvalue weighted by atomic mass is 9.69. The summed E-state index contributed by atoms with van der Waals surface area (Å²) in [4.78, 5) is 30.9. The maximum absolute atomic E-state index is 13.2. The molecule has 0 bridgehead atoms. The Morgan fingerprint density at radius 3 is 2.80 bits per heavy atom. The minimum atomic E-state index is -0.440. The largest absolute Gasteiger partial charge is 0.494 e. The van der Waals surface area contributed by atoms with Crippen molar-refractivity contribution in [2.24, 2.45) is 10.9 Å². The zero-order chi connectivity index (χ0) is 21.1. The van der Waals surface area contributed by atoms with Crippen LogP contribution < -0.4 is 4.74 Å². The molecular weight excluding hydrogens is 382 g/mol. The van der Waals surface area contributed by atoms with Crippen molar-refractivity contribution in [1.82, 2.24) is 0 Å². The van der Waals surface area contributed by atoms with Gasteiger partial charge in [-0.15, -0.1) is 0 Å². The van der Waals surface area contributed by atoms with Crippen LogP contribution in [0, 0.1) is 5.92 Å². The van der Waals surface area contributed by atoms with Crippen LogP contribution in [0.25, 0.3) is 0 Å². The van der Waals surface area contributed by atoms with Crippen molar-refractivity contribution in [1.29, 1.82) is 0 Å². The van der Waals surface area contributed by atoms with Crippen LogP contribution in [0.1, 0.15) is 57.4 Å². The topological polar surface area (TPSA) is 74.2 Å². The highest BCUT2D eigenvalue weighted by molar-refractivity contribution is 6.11. The Hall–Kier alpha value is -2.47. The summed E-state index contributed by atoms with van der Waals surface area (Å²) in [6, 6.07) is 7.66. The first-order chi connectivity index (χ1) is 14.6. The van der Waals surface area contributed by atoms with E-state index in [4.69, 9.17) is 19.2 Å². The minimum absolute atomic E-state index is 0.0528. The van der Waals surface area contributed by atoms with Crippen molar-refractivity contribution >= 4 is 17.5 Å². The molecule has 4 rings (SSSR count). The lowest BCUT2D eigenvalue weighted by Gasteiger charge is -2.36. The Bertz CT molecular complexity index is 881. The Labute approximate surface area is 177 Å². The molecule has 3 atom stereocenters. The molecule has 2 fully saturated rings. The summed E-state index contributed by atoms with van der Waals surface area (Å²) in [6.07, 6.45) is 3.92. The molecule has 30 heavy (non-hydrogen) atoms. The summed E-state index contributed by atoms with van der Waals surface area (Å²) in [7, 11) is 0. The van der Waals surface area contributed by atoms with Crippen molar-refractivity contribution in [3.63, 3.8) is 0 Å². The van der Waals surface area contributed by atoms with Gasteiger partial charge in [-0.3, -0.25) is 9.79 Å². The third-order valence-electron chi connectivity index (χ3n) is 6.11. The zero-order valence-corrected chi connectivity index (χ0v) is 17.7. The van der Waals surface area contributed by atoms with Crippen LogP contribution in [-0.4, -0.2) is 43.4 Å². The standard InChI is InChI=1S/C24H29NO5/c1-3-28-20-12-5-4-9-17(20)22-21(24(27)30-14-16-8-7-13-29-16)15(2)25-18-10-6-11-19(26)23(18)22/h4-5,9,12,16,22-23H,3,6-8,10-11,13-14H2,1-2H3/t16-,22-,23?/m0/s1. The van der Waals surface area contributed by atoms with Gasteiger partial charge < -0.3 is 14.2 Å². The summed E-state index contributed by atoms with van der Waals surface area (Å²) in [5, 5.41) is 0. The van der Waals surface area contributed by atoms with Crippen molar-refractivity contribution < 1.29 is 23.8 Å². The maximum atomic E-state index is 13.2. The number of esters is 1. The number of hydrogen-bond donors (Lipinski definition) is 0. The van der Waals surface area contributed by atoms with Gasteiger partial charge in [-0.1, -0.05) is 18.2 Å². The molecule has 0 aromatic heterocycles. The number of aliphatic imine (C=N–C) groups is 1. The second-order valence-corrected chi connectivity index (χ2v) is 8.08. The van der Waals surface area contributed by atoms with Gasteiger partial charge in [0.15, 0.2) is 0 Å². The van der Waals surface area contributed by atoms with E-state index in [0.717, 1.165) is 37.0 Å². The van der Waals surface area contributed by atoms with Crippen molar-refractivity contribution in [3.05, 3.63) is 41.1 Å². The zero-order valence-electron chi connectivity index (χ0n) is 17.7. The number of para-hydroxylation sites is 1. The second-order valence-electron chi connectivity index (χ2n) is 8.08. The number of ketones is 1. The lowest BCUT2D eigenvalue weighted by Crippen LogP contribution is -2.39. The van der Waals surface area contributed by atoms with Crippen LogP contribution in [0.3, 0.4) is 0 Å². The van der Waals surface area contributed by atoms with Gasteiger partial charge in [0.2, 0.25) is 0 Å². The van der Waals surface area contributed by atoms with Crippen LogP contribution in [-0.2, 0) is 19.1 Å². The van der Waals surface area contributed by atoms with Gasteiger partial charge in [-0.05, 0) is 45.6 Å². The van der Waals surface area contributed by atoms with Gasteiger partial charge >= 0.3 is 5.97 Å². The molecule has 1 unspecified atom stereocenters. The Morgan fingerprint density at radius 1 is 1.20 bits per heavy atom. The van der Waals surface area contributed by atoms with Crippen molar-refractivity contribution in [2.75, 3.05) is 19.8 Å². The highest BCUT2D eigenvalue weighted by atomic mass is 16.6. The Balaban J connectivity index is 1.73. The number of rotatable bonds is 6. The number of ether oxygens (including phenoxy) is 3. The molecule has 0 amide bonds. The minimum Gasteiger partial charge on any atom is -0.494 e. The number of nitrogens with zero attached hydrogens (tertiary/aromatic N) is 1. The van der Waals surface area contributed by atoms with Crippen LogP contribution in [0.15, 0.2) is 40.5 Å². The molecule has 6 nitrogen and oxygen atoms in total. The predicted molar refractivity (Wildman–Crippen MR) is 113 cm³/mol. The molecule has 6 heteroatoms. The molecule has 0 N–H and O–H groups in total. The second kappa shape index (κ2) is 9.13. The van der Waals surface area contributed by atoms with E-state index in [-0.39, 0.29) is 18.5 Å². The number of carbonyl (C=O) groups is 2. The van der Waals surface area contributed by atoms with Gasteiger partial charge in [-0.25, -0.2) is 4.79 Å². The maximum Gasteiger partial charge on any atom is 0.336 e. The molecule has 1 saturated heterocycles. The SMILES string of the molecule is CCOc1ccccc1[C@H]1C(C(=O)OC[C@@H]2CCCO2)=C(C)N=C2CCCC(=O)C21. The number of carbonyl (C=O) groups excluding carboxylic acids is 2. The summed E-state index contributed by atoms with van der Waals surface area (Å²) in [6.45, 7) is 5.20. The van der Waals surface area contributed by atoms with Crippen LogP contribution >= 0.6 is 0 Å². The summed E-state index contributed by atoms with van der Waals surface area (Å²) in [5.41, 5.74) is 2.81. The molecule has 1 aliphatic carbocycles. The van der Waals surface area contributed by atoms with Crippen molar-refractivity contribution in [3.8, 4) is 5.75 Å². The van der Waals surface area contributed by atoms with Crippen LogP contribution in [0.5, 0.6) is 5.75 Å². The number of hydrogen-bond acceptors (Lipinski definition) is 6. The lowest BCUT2D eigenvalue weighted by molar-refractivity contribution is -0.142. The molecule has 2 heterocycles. The van der Waals surface area contributed by atoms with E-state index in [1.54, 1.807) is 0 Å². The van der Waals surface area contributed by atoms with Gasteiger partial charge in [0.1, 0.15) is 18.1 Å². The molecule has 0 spiro atoms. The molecule has 1 saturated carbocycles. The first-order valence-electron chi connectivity index (χ1n) is 10.9. The van der Waals surface area contributed by atoms with E-state index in [0.29, 0.717) is 36.7 Å². The third kappa shape index (κ3) is 4.06. The quantitative estimate of drug-likeness (QED) is 0.662. The van der Waals surface area contributed by atoms with Gasteiger partial charge in [-0.2, -0.15) is 0 Å². The predicted octanol–water partition coefficient (Wildman–Crippen LogP) is 3.99. The normalized spacial score (nSPS) is 26.3. The highest BCUT2D eigenvalue weighted by Gasteiger charge is 2.44. The van der Waals surface area contributed by atoms with E-state index < -0.39 is 17.8 Å². The van der Waals surface area contributed by atoms with Crippen LogP contribution in [0.4, 0.5) is 0 Å². The van der Waals surface area contributed by atoms with E-state index >= 15 is 0 Å². The van der Waals surface area contributed by atoms with Gasteiger partial charge in [0.25, 0.3) is 0 Å². The molecule has 0 radical (unpaired) electrons. The fourth-order valence-corrected chi connectivity index (χ4v) is 4.77. The number of Topliss-reactive ketones (excluding diaryl/α,β-unsaturated/α-hetero) is 1. The van der Waals surface area contributed by atoms with E-state index in [1.165, 1.54) is 0 Å². The smallest absolute Gasteiger partial charge is 0.336 e. The molecule has 2 aliphatic heterocycles. The highest BCUT2D eigenvalue weighted by Crippen LogP contribution is 2.45. The van der Waals surface area contributed by atoms with Crippen LogP contribution in [0.2, 0.25) is 0 Å². The Kier molecular flexibility index (Phi) is 6.32. The number of benzene rings is 1. The molecular formula is C24H29NO5. The fraction of sp³-hybridized carbons (Fsp3) is 0.542. The fourth-order valence-electron chi connectivity index (χ4n) is 4.77. The van der Waals surface area contributed by atoms with Crippen molar-refractivity contribution in [2.45, 2.75) is 58.0 Å². The first kappa shape index (κ1) is 20.8. The summed E-state index contributed by atoms with van der Waals surface area (Å²) in [5.74, 6) is -0.463. The van der Waals surface area contributed by atoms with E-state index in [9.17, 15) is 9.59 Å². The van der Waals surface area contributed by atoms with Gasteiger partial charge in [0.05, 0.1) is 24.2 Å².